The molecule has 0 unspecified atom stereocenters. The van der Waals surface area contributed by atoms with E-state index in [9.17, 15) is 18.0 Å². The summed E-state index contributed by atoms with van der Waals surface area (Å²) in [5.74, 6) is -0.897. The Kier molecular flexibility index (Phi) is 12.0. The van der Waals surface area contributed by atoms with Crippen LogP contribution in [0.15, 0.2) is 108 Å². The molecule has 1 N–H and O–H groups in total. The number of rotatable bonds is 14. The highest BCUT2D eigenvalue weighted by molar-refractivity contribution is 7.92. The van der Waals surface area contributed by atoms with Crippen LogP contribution in [-0.4, -0.2) is 44.3 Å². The molecule has 0 saturated carbocycles. The van der Waals surface area contributed by atoms with Gasteiger partial charge in [0.1, 0.15) is 12.6 Å². The van der Waals surface area contributed by atoms with Gasteiger partial charge in [0.2, 0.25) is 11.8 Å². The van der Waals surface area contributed by atoms with E-state index < -0.39 is 28.5 Å². The highest BCUT2D eigenvalue weighted by Gasteiger charge is 2.34. The zero-order chi connectivity index (χ0) is 32.4. The first-order valence-corrected chi connectivity index (χ1v) is 17.0. The van der Waals surface area contributed by atoms with Crippen LogP contribution in [0.4, 0.5) is 5.69 Å². The topological polar surface area (TPSA) is 86.8 Å². The van der Waals surface area contributed by atoms with Crippen LogP contribution in [0, 0.1) is 6.92 Å². The van der Waals surface area contributed by atoms with E-state index in [0.717, 1.165) is 28.3 Å². The molecule has 4 rings (SSSR count). The summed E-state index contributed by atoms with van der Waals surface area (Å²) in [5, 5.41) is 3.74. The standard InChI is InChI=1S/C35H37Cl2N3O4S/c1-3-4-21-38-35(42)33(22-27-11-7-5-8-12-27)39(24-28-17-18-29(36)23-32(28)37)34(41)25-40(30-19-15-26(2)16-20-30)45(43,44)31-13-9-6-10-14-31/h5-20,23,33H,3-4,21-22,24-25H2,1-2H3,(H,38,42)/t33-/m0/s1. The first-order valence-electron chi connectivity index (χ1n) is 14.8. The molecule has 45 heavy (non-hydrogen) atoms. The molecule has 2 amide bonds. The van der Waals surface area contributed by atoms with Crippen LogP contribution in [0.25, 0.3) is 0 Å². The molecule has 0 bridgehead atoms. The lowest BCUT2D eigenvalue weighted by Gasteiger charge is -2.34. The molecule has 1 atom stereocenters. The quantitative estimate of drug-likeness (QED) is 0.146. The first kappa shape index (κ1) is 34.0. The van der Waals surface area contributed by atoms with Crippen LogP contribution in [0.5, 0.6) is 0 Å². The lowest BCUT2D eigenvalue weighted by molar-refractivity contribution is -0.140. The molecule has 236 valence electrons. The Morgan fingerprint density at radius 3 is 2.13 bits per heavy atom. The van der Waals surface area contributed by atoms with Gasteiger partial charge in [-0.3, -0.25) is 13.9 Å². The number of carbonyl (C=O) groups excluding carboxylic acids is 2. The van der Waals surface area contributed by atoms with Gasteiger partial charge in [-0.15, -0.1) is 0 Å². The number of hydrogen-bond donors (Lipinski definition) is 1. The van der Waals surface area contributed by atoms with Crippen molar-refractivity contribution in [3.63, 3.8) is 0 Å². The Labute approximate surface area is 275 Å². The number of nitrogens with one attached hydrogen (secondary N) is 1. The van der Waals surface area contributed by atoms with Crippen LogP contribution in [0.1, 0.15) is 36.5 Å². The van der Waals surface area contributed by atoms with Crippen molar-refractivity contribution in [3.05, 3.63) is 130 Å². The Hall–Kier alpha value is -3.85. The van der Waals surface area contributed by atoms with Crippen LogP contribution in [0.2, 0.25) is 10.0 Å². The Morgan fingerprint density at radius 2 is 1.51 bits per heavy atom. The van der Waals surface area contributed by atoms with E-state index in [1.165, 1.54) is 17.0 Å². The maximum Gasteiger partial charge on any atom is 0.264 e. The van der Waals surface area contributed by atoms with E-state index in [0.29, 0.717) is 27.8 Å². The highest BCUT2D eigenvalue weighted by Crippen LogP contribution is 2.27. The third-order valence-corrected chi connectivity index (χ3v) is 9.76. The third kappa shape index (κ3) is 9.10. The van der Waals surface area contributed by atoms with E-state index in [1.807, 2.05) is 44.2 Å². The van der Waals surface area contributed by atoms with Gasteiger partial charge in [0, 0.05) is 29.6 Å². The number of halogens is 2. The van der Waals surface area contributed by atoms with E-state index in [1.54, 1.807) is 60.7 Å². The van der Waals surface area contributed by atoms with Gasteiger partial charge in [0.25, 0.3) is 10.0 Å². The Morgan fingerprint density at radius 1 is 0.867 bits per heavy atom. The average molecular weight is 667 g/mol. The zero-order valence-corrected chi connectivity index (χ0v) is 27.7. The molecule has 0 radical (unpaired) electrons. The van der Waals surface area contributed by atoms with Gasteiger partial charge in [-0.1, -0.05) is 109 Å². The van der Waals surface area contributed by atoms with Crippen molar-refractivity contribution in [2.24, 2.45) is 0 Å². The molecule has 4 aromatic rings. The number of unbranched alkanes of at least 4 members (excludes halogenated alkanes) is 1. The molecule has 0 fully saturated rings. The van der Waals surface area contributed by atoms with Crippen molar-refractivity contribution in [3.8, 4) is 0 Å². The molecule has 7 nitrogen and oxygen atoms in total. The third-order valence-electron chi connectivity index (χ3n) is 7.39. The molecule has 0 spiro atoms. The number of benzene rings is 4. The molecule has 0 aliphatic rings. The van der Waals surface area contributed by atoms with Crippen molar-refractivity contribution < 1.29 is 18.0 Å². The fourth-order valence-electron chi connectivity index (χ4n) is 4.85. The number of aryl methyl sites for hydroxylation is 1. The van der Waals surface area contributed by atoms with Gasteiger partial charge in [-0.25, -0.2) is 8.42 Å². The number of carbonyl (C=O) groups is 2. The van der Waals surface area contributed by atoms with E-state index >= 15 is 0 Å². The number of sulfonamides is 1. The number of anilines is 1. The smallest absolute Gasteiger partial charge is 0.264 e. The van der Waals surface area contributed by atoms with Crippen LogP contribution in [0.3, 0.4) is 0 Å². The van der Waals surface area contributed by atoms with Gasteiger partial charge in [0.15, 0.2) is 0 Å². The molecule has 0 saturated heterocycles. The van der Waals surface area contributed by atoms with Crippen LogP contribution < -0.4 is 9.62 Å². The van der Waals surface area contributed by atoms with E-state index in [-0.39, 0.29) is 23.8 Å². The van der Waals surface area contributed by atoms with Crippen molar-refractivity contribution in [1.29, 1.82) is 0 Å². The normalized spacial score (nSPS) is 11.9. The number of hydrogen-bond acceptors (Lipinski definition) is 4. The van der Waals surface area contributed by atoms with Crippen molar-refractivity contribution >= 4 is 50.7 Å². The van der Waals surface area contributed by atoms with Crippen molar-refractivity contribution in [1.82, 2.24) is 10.2 Å². The number of amides is 2. The molecule has 0 heterocycles. The fourth-order valence-corrected chi connectivity index (χ4v) is 6.76. The van der Waals surface area contributed by atoms with Crippen molar-refractivity contribution in [2.45, 2.75) is 50.6 Å². The van der Waals surface area contributed by atoms with E-state index in [4.69, 9.17) is 23.2 Å². The minimum atomic E-state index is -4.16. The van der Waals surface area contributed by atoms with Gasteiger partial charge in [0.05, 0.1) is 10.6 Å². The zero-order valence-electron chi connectivity index (χ0n) is 25.3. The molecular weight excluding hydrogens is 629 g/mol. The minimum Gasteiger partial charge on any atom is -0.354 e. The molecule has 0 aliphatic carbocycles. The second-order valence-corrected chi connectivity index (χ2v) is 13.5. The predicted molar refractivity (Wildman–Crippen MR) is 181 cm³/mol. The highest BCUT2D eigenvalue weighted by atomic mass is 35.5. The Bertz CT molecular complexity index is 1690. The molecule has 10 heteroatoms. The second kappa shape index (κ2) is 15.9. The Balaban J connectivity index is 1.80. The summed E-state index contributed by atoms with van der Waals surface area (Å²) >= 11 is 12.7. The van der Waals surface area contributed by atoms with Gasteiger partial charge < -0.3 is 10.2 Å². The first-order chi connectivity index (χ1) is 21.6. The predicted octanol–water partition coefficient (Wildman–Crippen LogP) is 7.05. The monoisotopic (exact) mass is 665 g/mol. The lowest BCUT2D eigenvalue weighted by atomic mass is 10.0. The summed E-state index contributed by atoms with van der Waals surface area (Å²) in [7, 11) is -4.16. The maximum absolute atomic E-state index is 14.5. The summed E-state index contributed by atoms with van der Waals surface area (Å²) in [5.41, 5.74) is 2.68. The number of nitrogens with zero attached hydrogens (tertiary/aromatic N) is 2. The van der Waals surface area contributed by atoms with E-state index in [2.05, 4.69) is 5.32 Å². The summed E-state index contributed by atoms with van der Waals surface area (Å²) in [6, 6.07) is 28.3. The fraction of sp³-hybridized carbons (Fsp3) is 0.257. The summed E-state index contributed by atoms with van der Waals surface area (Å²) < 4.78 is 29.2. The van der Waals surface area contributed by atoms with Gasteiger partial charge >= 0.3 is 0 Å². The molecule has 0 aliphatic heterocycles. The minimum absolute atomic E-state index is 0.0410. The van der Waals surface area contributed by atoms with Crippen molar-refractivity contribution in [2.75, 3.05) is 17.4 Å². The molecule has 4 aromatic carbocycles. The molecular formula is C35H37Cl2N3O4S. The summed E-state index contributed by atoms with van der Waals surface area (Å²) in [6.07, 6.45) is 1.87. The average Bonchev–Trinajstić information content (AvgIpc) is 3.03. The molecule has 0 aromatic heterocycles. The lowest BCUT2D eigenvalue weighted by Crippen LogP contribution is -2.53. The second-order valence-electron chi connectivity index (χ2n) is 10.8. The SMILES string of the molecule is CCCCNC(=O)[C@H](Cc1ccccc1)N(Cc1ccc(Cl)cc1Cl)C(=O)CN(c1ccc(C)cc1)S(=O)(=O)c1ccccc1. The largest absolute Gasteiger partial charge is 0.354 e. The van der Waals surface area contributed by atoms with Crippen LogP contribution >= 0.6 is 23.2 Å². The maximum atomic E-state index is 14.5. The van der Waals surface area contributed by atoms with Gasteiger partial charge in [-0.05, 0) is 60.9 Å². The summed E-state index contributed by atoms with van der Waals surface area (Å²) in [4.78, 5) is 29.8. The van der Waals surface area contributed by atoms with Gasteiger partial charge in [-0.2, -0.15) is 0 Å². The summed E-state index contributed by atoms with van der Waals surface area (Å²) in [6.45, 7) is 3.79. The van der Waals surface area contributed by atoms with Crippen LogP contribution in [-0.2, 0) is 32.6 Å².